The van der Waals surface area contributed by atoms with Crippen molar-refractivity contribution in [2.24, 2.45) is 10.2 Å². The van der Waals surface area contributed by atoms with Crippen LogP contribution in [-0.4, -0.2) is 40.0 Å². The van der Waals surface area contributed by atoms with Crippen molar-refractivity contribution in [3.63, 3.8) is 0 Å². The zero-order chi connectivity index (χ0) is 24.2. The van der Waals surface area contributed by atoms with Crippen molar-refractivity contribution in [2.75, 3.05) is 35.4 Å². The van der Waals surface area contributed by atoms with Crippen LogP contribution >= 0.6 is 0 Å². The lowest BCUT2D eigenvalue weighted by atomic mass is 10.2. The average molecular weight is 459 g/mol. The summed E-state index contributed by atoms with van der Waals surface area (Å²) in [5.74, 6) is 0.531. The number of carbonyl (C=O) groups excluding carboxylic acids is 1. The van der Waals surface area contributed by atoms with Gasteiger partial charge >= 0.3 is 0 Å². The van der Waals surface area contributed by atoms with Crippen molar-refractivity contribution in [1.82, 2.24) is 19.5 Å². The molecule has 1 amide bonds. The van der Waals surface area contributed by atoms with Gasteiger partial charge in [-0.2, -0.15) is 20.2 Å². The SMILES string of the molecule is CC(C)n1cnc2c(N)nc(Nc3cc(N=Nc4ccc(N(C)C)cc4)ccc3NC=O)nc21. The number of hydrogen-bond donors (Lipinski definition) is 3. The normalized spacial score (nSPS) is 11.3. The van der Waals surface area contributed by atoms with Crippen molar-refractivity contribution in [3.05, 3.63) is 48.8 Å². The molecule has 4 N–H and O–H groups in total. The second kappa shape index (κ2) is 9.53. The fourth-order valence-electron chi connectivity index (χ4n) is 3.31. The van der Waals surface area contributed by atoms with Gasteiger partial charge in [-0.15, -0.1) is 0 Å². The van der Waals surface area contributed by atoms with Crippen LogP contribution in [0.3, 0.4) is 0 Å². The Morgan fingerprint density at radius 3 is 2.41 bits per heavy atom. The van der Waals surface area contributed by atoms with E-state index in [4.69, 9.17) is 5.73 Å². The molecule has 0 aliphatic carbocycles. The van der Waals surface area contributed by atoms with Gasteiger partial charge in [0.05, 0.1) is 29.1 Å². The number of aromatic nitrogens is 4. The lowest BCUT2D eigenvalue weighted by Crippen LogP contribution is -2.07. The molecule has 174 valence electrons. The number of azo groups is 1. The molecule has 0 saturated heterocycles. The minimum absolute atomic E-state index is 0.148. The number of nitrogens with zero attached hydrogens (tertiary/aromatic N) is 7. The molecule has 11 nitrogen and oxygen atoms in total. The molecule has 2 heterocycles. The van der Waals surface area contributed by atoms with E-state index >= 15 is 0 Å². The molecule has 4 rings (SSSR count). The molecule has 0 saturated carbocycles. The zero-order valence-electron chi connectivity index (χ0n) is 19.4. The number of rotatable bonds is 8. The number of hydrogen-bond acceptors (Lipinski definition) is 9. The Hall–Kier alpha value is -4.54. The predicted molar refractivity (Wildman–Crippen MR) is 134 cm³/mol. The topological polar surface area (TPSA) is 139 Å². The summed E-state index contributed by atoms with van der Waals surface area (Å²) in [7, 11) is 3.96. The number of amides is 1. The van der Waals surface area contributed by atoms with E-state index in [2.05, 4.69) is 35.8 Å². The number of benzene rings is 2. The van der Waals surface area contributed by atoms with E-state index in [1.807, 2.05) is 61.7 Å². The predicted octanol–water partition coefficient (Wildman–Crippen LogP) is 4.78. The Bertz CT molecular complexity index is 1340. The highest BCUT2D eigenvalue weighted by Crippen LogP contribution is 2.31. The molecular weight excluding hydrogens is 432 g/mol. The largest absolute Gasteiger partial charge is 0.382 e. The standard InChI is InChI=1S/C23H26N10O/c1-14(2)33-12-25-20-21(24)28-23(29-22(20)33)27-19-11-16(7-10-18(19)26-13-34)31-30-15-5-8-17(9-6-15)32(3)4/h5-14H,1-4H3,(H,26,34)(H3,24,27,28,29). The molecule has 11 heteroatoms. The van der Waals surface area contributed by atoms with Gasteiger partial charge in [-0.1, -0.05) is 0 Å². The smallest absolute Gasteiger partial charge is 0.231 e. The van der Waals surface area contributed by atoms with E-state index in [0.717, 1.165) is 11.4 Å². The summed E-state index contributed by atoms with van der Waals surface area (Å²) in [6.45, 7) is 4.06. The van der Waals surface area contributed by atoms with E-state index in [0.29, 0.717) is 34.6 Å². The molecule has 0 aliphatic rings. The highest BCUT2D eigenvalue weighted by atomic mass is 16.1. The van der Waals surface area contributed by atoms with E-state index < -0.39 is 0 Å². The third-order valence-electron chi connectivity index (χ3n) is 5.12. The number of nitrogens with two attached hydrogens (primary N) is 1. The molecule has 0 spiro atoms. The van der Waals surface area contributed by atoms with Crippen LogP contribution in [0.2, 0.25) is 0 Å². The first kappa shape index (κ1) is 22.6. The number of nitrogens with one attached hydrogen (secondary N) is 2. The molecule has 34 heavy (non-hydrogen) atoms. The van der Waals surface area contributed by atoms with Gasteiger partial charge < -0.3 is 25.8 Å². The summed E-state index contributed by atoms with van der Waals surface area (Å²) in [6, 6.07) is 13.1. The minimum atomic E-state index is 0.148. The summed E-state index contributed by atoms with van der Waals surface area (Å²) in [4.78, 5) is 26.3. The Morgan fingerprint density at radius 2 is 1.74 bits per heavy atom. The highest BCUT2D eigenvalue weighted by Gasteiger charge is 2.14. The second-order valence-corrected chi connectivity index (χ2v) is 8.08. The van der Waals surface area contributed by atoms with Crippen LogP contribution in [0.5, 0.6) is 0 Å². The summed E-state index contributed by atoms with van der Waals surface area (Å²) >= 11 is 0. The monoisotopic (exact) mass is 458 g/mol. The number of nitrogen functional groups attached to an aromatic ring is 1. The van der Waals surface area contributed by atoms with Crippen LogP contribution in [0, 0.1) is 0 Å². The first-order valence-electron chi connectivity index (χ1n) is 10.7. The van der Waals surface area contributed by atoms with Crippen LogP contribution < -0.4 is 21.3 Å². The lowest BCUT2D eigenvalue weighted by molar-refractivity contribution is -0.105. The van der Waals surface area contributed by atoms with Gasteiger partial charge in [-0.25, -0.2) is 4.98 Å². The van der Waals surface area contributed by atoms with Crippen molar-refractivity contribution >= 4 is 57.8 Å². The summed E-state index contributed by atoms with van der Waals surface area (Å²) < 4.78 is 1.91. The minimum Gasteiger partial charge on any atom is -0.382 e. The second-order valence-electron chi connectivity index (χ2n) is 8.08. The first-order chi connectivity index (χ1) is 16.4. The molecule has 0 fully saturated rings. The number of carbonyl (C=O) groups is 1. The van der Waals surface area contributed by atoms with Gasteiger partial charge in [0.25, 0.3) is 0 Å². The third kappa shape index (κ3) is 4.77. The highest BCUT2D eigenvalue weighted by molar-refractivity contribution is 5.86. The van der Waals surface area contributed by atoms with Gasteiger partial charge in [0.2, 0.25) is 12.4 Å². The molecule has 0 bridgehead atoms. The Kier molecular flexibility index (Phi) is 6.35. The fraction of sp³-hybridized carbons (Fsp3) is 0.217. The van der Waals surface area contributed by atoms with E-state index in [9.17, 15) is 4.79 Å². The van der Waals surface area contributed by atoms with Crippen LogP contribution in [0.4, 0.5) is 40.2 Å². The summed E-state index contributed by atoms with van der Waals surface area (Å²) in [5, 5.41) is 14.4. The van der Waals surface area contributed by atoms with Gasteiger partial charge in [-0.05, 0) is 56.3 Å². The number of anilines is 5. The summed E-state index contributed by atoms with van der Waals surface area (Å²) in [6.07, 6.45) is 2.29. The molecule has 0 unspecified atom stereocenters. The fourth-order valence-corrected chi connectivity index (χ4v) is 3.31. The van der Waals surface area contributed by atoms with Crippen LogP contribution in [0.25, 0.3) is 11.2 Å². The van der Waals surface area contributed by atoms with Crippen LogP contribution in [0.1, 0.15) is 19.9 Å². The van der Waals surface area contributed by atoms with Crippen molar-refractivity contribution < 1.29 is 4.79 Å². The van der Waals surface area contributed by atoms with E-state index in [1.165, 1.54) is 0 Å². The Balaban J connectivity index is 1.65. The zero-order valence-corrected chi connectivity index (χ0v) is 19.4. The maximum atomic E-state index is 11.1. The van der Waals surface area contributed by atoms with Crippen molar-refractivity contribution in [2.45, 2.75) is 19.9 Å². The molecule has 2 aromatic heterocycles. The number of imidazole rings is 1. The quantitative estimate of drug-likeness (QED) is 0.255. The molecule has 4 aromatic rings. The third-order valence-corrected chi connectivity index (χ3v) is 5.12. The van der Waals surface area contributed by atoms with Crippen molar-refractivity contribution in [3.8, 4) is 0 Å². The maximum Gasteiger partial charge on any atom is 0.231 e. The number of fused-ring (bicyclic) bond motifs is 1. The van der Waals surface area contributed by atoms with Gasteiger partial charge in [0, 0.05) is 25.8 Å². The van der Waals surface area contributed by atoms with Crippen molar-refractivity contribution in [1.29, 1.82) is 0 Å². The Labute approximate surface area is 196 Å². The van der Waals surface area contributed by atoms with Gasteiger partial charge in [0.1, 0.15) is 5.52 Å². The molecule has 2 aromatic carbocycles. The average Bonchev–Trinajstić information content (AvgIpc) is 3.24. The maximum absolute atomic E-state index is 11.1. The molecular formula is C23H26N10O. The van der Waals surface area contributed by atoms with Crippen LogP contribution in [-0.2, 0) is 4.79 Å². The van der Waals surface area contributed by atoms with E-state index in [1.54, 1.807) is 24.5 Å². The Morgan fingerprint density at radius 1 is 1.03 bits per heavy atom. The first-order valence-corrected chi connectivity index (χ1v) is 10.7. The molecule has 0 atom stereocenters. The van der Waals surface area contributed by atoms with E-state index in [-0.39, 0.29) is 17.8 Å². The molecule has 0 aliphatic heterocycles. The van der Waals surface area contributed by atoms with Gasteiger partial charge in [-0.3, -0.25) is 4.79 Å². The molecule has 0 radical (unpaired) electrons. The van der Waals surface area contributed by atoms with Gasteiger partial charge in [0.15, 0.2) is 11.5 Å². The van der Waals surface area contributed by atoms with Crippen LogP contribution in [0.15, 0.2) is 59.0 Å². The summed E-state index contributed by atoms with van der Waals surface area (Å²) in [5.41, 5.74) is 10.7. The lowest BCUT2D eigenvalue weighted by Gasteiger charge is -2.12.